The number of benzene rings is 1. The normalized spacial score (nSPS) is 12.8. The summed E-state index contributed by atoms with van der Waals surface area (Å²) in [5.41, 5.74) is 5.15. The van der Waals surface area contributed by atoms with Gasteiger partial charge in [0.1, 0.15) is 12.4 Å². The van der Waals surface area contributed by atoms with Gasteiger partial charge in [0.15, 0.2) is 0 Å². The van der Waals surface area contributed by atoms with Crippen molar-refractivity contribution >= 4 is 6.29 Å². The van der Waals surface area contributed by atoms with Crippen LogP contribution in [0.2, 0.25) is 0 Å². The first-order chi connectivity index (χ1) is 9.31. The Bertz CT molecular complexity index is 681. The summed E-state index contributed by atoms with van der Waals surface area (Å²) in [7, 11) is 0. The zero-order valence-electron chi connectivity index (χ0n) is 10.4. The highest BCUT2D eigenvalue weighted by Crippen LogP contribution is 2.28. The highest BCUT2D eigenvalue weighted by Gasteiger charge is 2.17. The van der Waals surface area contributed by atoms with Crippen LogP contribution < -0.4 is 0 Å². The van der Waals surface area contributed by atoms with Gasteiger partial charge in [-0.05, 0) is 30.9 Å². The lowest BCUT2D eigenvalue weighted by atomic mass is 10.0. The van der Waals surface area contributed by atoms with Crippen molar-refractivity contribution in [3.05, 3.63) is 52.7 Å². The number of fused-ring (bicyclic) bond motifs is 1. The quantitative estimate of drug-likeness (QED) is 0.768. The second kappa shape index (κ2) is 4.66. The van der Waals surface area contributed by atoms with E-state index in [2.05, 4.69) is 11.1 Å². The van der Waals surface area contributed by atoms with Crippen LogP contribution in [0.4, 0.5) is 0 Å². The molecule has 0 saturated carbocycles. The number of hydrogen-bond donors (Lipinski definition) is 0. The Morgan fingerprint density at radius 3 is 2.68 bits per heavy atom. The molecule has 3 heteroatoms. The van der Waals surface area contributed by atoms with Gasteiger partial charge in [-0.25, -0.2) is 0 Å². The molecule has 0 amide bonds. The Kier molecular flexibility index (Phi) is 2.85. The maximum atomic E-state index is 10.7. The molecule has 0 bridgehead atoms. The van der Waals surface area contributed by atoms with E-state index in [-0.39, 0.29) is 0 Å². The molecule has 0 radical (unpaired) electrons. The highest BCUT2D eigenvalue weighted by atomic mass is 16.1. The van der Waals surface area contributed by atoms with Crippen molar-refractivity contribution in [3.63, 3.8) is 0 Å². The first-order valence-electron chi connectivity index (χ1n) is 6.30. The van der Waals surface area contributed by atoms with Crippen LogP contribution in [0.5, 0.6) is 0 Å². The van der Waals surface area contributed by atoms with Crippen LogP contribution in [0.15, 0.2) is 30.3 Å². The second-order valence-corrected chi connectivity index (χ2v) is 4.70. The molecule has 0 unspecified atom stereocenters. The van der Waals surface area contributed by atoms with Crippen molar-refractivity contribution in [1.82, 2.24) is 4.98 Å². The SMILES string of the molecule is N#Cc1cc2c(nc1-c1ccc(C=O)cc1)CCC2. The number of pyridine rings is 1. The number of aryl methyl sites for hydroxylation is 2. The molecule has 3 rings (SSSR count). The molecule has 0 saturated heterocycles. The molecule has 1 aliphatic rings. The highest BCUT2D eigenvalue weighted by molar-refractivity contribution is 5.77. The summed E-state index contributed by atoms with van der Waals surface area (Å²) in [5, 5.41) is 9.27. The van der Waals surface area contributed by atoms with E-state index in [0.29, 0.717) is 11.1 Å². The first-order valence-corrected chi connectivity index (χ1v) is 6.30. The first kappa shape index (κ1) is 11.6. The number of rotatable bonds is 2. The predicted molar refractivity (Wildman–Crippen MR) is 71.8 cm³/mol. The van der Waals surface area contributed by atoms with Gasteiger partial charge in [-0.3, -0.25) is 9.78 Å². The van der Waals surface area contributed by atoms with E-state index >= 15 is 0 Å². The van der Waals surface area contributed by atoms with Crippen LogP contribution >= 0.6 is 0 Å². The van der Waals surface area contributed by atoms with E-state index in [0.717, 1.165) is 42.5 Å². The number of aldehydes is 1. The number of carbonyl (C=O) groups excluding carboxylic acids is 1. The number of hydrogen-bond acceptors (Lipinski definition) is 3. The van der Waals surface area contributed by atoms with Crippen LogP contribution in [0.1, 0.15) is 33.6 Å². The van der Waals surface area contributed by atoms with E-state index in [1.54, 1.807) is 12.1 Å². The molecule has 0 atom stereocenters. The van der Waals surface area contributed by atoms with Gasteiger partial charge in [0, 0.05) is 16.8 Å². The summed E-state index contributed by atoms with van der Waals surface area (Å²) in [5.74, 6) is 0. The lowest BCUT2D eigenvalue weighted by molar-refractivity contribution is 0.112. The lowest BCUT2D eigenvalue weighted by Crippen LogP contribution is -1.96. The van der Waals surface area contributed by atoms with Crippen LogP contribution in [-0.4, -0.2) is 11.3 Å². The van der Waals surface area contributed by atoms with E-state index in [4.69, 9.17) is 0 Å². The summed E-state index contributed by atoms with van der Waals surface area (Å²) in [6, 6.07) is 11.4. The van der Waals surface area contributed by atoms with Gasteiger partial charge in [-0.2, -0.15) is 5.26 Å². The van der Waals surface area contributed by atoms with Crippen LogP contribution in [0, 0.1) is 11.3 Å². The maximum Gasteiger partial charge on any atom is 0.150 e. The van der Waals surface area contributed by atoms with Gasteiger partial charge in [0.2, 0.25) is 0 Å². The van der Waals surface area contributed by atoms with Gasteiger partial charge < -0.3 is 0 Å². The molecule has 0 fully saturated rings. The molecule has 19 heavy (non-hydrogen) atoms. The molecule has 92 valence electrons. The van der Waals surface area contributed by atoms with Crippen molar-refractivity contribution in [2.75, 3.05) is 0 Å². The molecular formula is C16H12N2O. The Morgan fingerprint density at radius 2 is 2.00 bits per heavy atom. The number of nitrogens with zero attached hydrogens (tertiary/aromatic N) is 2. The van der Waals surface area contributed by atoms with Gasteiger partial charge in [0.05, 0.1) is 11.3 Å². The zero-order valence-corrected chi connectivity index (χ0v) is 10.4. The number of carbonyl (C=O) groups is 1. The molecule has 0 aliphatic heterocycles. The molecular weight excluding hydrogens is 236 g/mol. The van der Waals surface area contributed by atoms with Crippen molar-refractivity contribution in [2.45, 2.75) is 19.3 Å². The van der Waals surface area contributed by atoms with Gasteiger partial charge >= 0.3 is 0 Å². The number of nitriles is 1. The zero-order chi connectivity index (χ0) is 13.2. The molecule has 2 aromatic rings. The van der Waals surface area contributed by atoms with Gasteiger partial charge in [-0.15, -0.1) is 0 Å². The van der Waals surface area contributed by atoms with Gasteiger partial charge in [-0.1, -0.05) is 24.3 Å². The summed E-state index contributed by atoms with van der Waals surface area (Å²) in [6.45, 7) is 0. The average molecular weight is 248 g/mol. The van der Waals surface area contributed by atoms with E-state index in [1.165, 1.54) is 5.56 Å². The van der Waals surface area contributed by atoms with E-state index in [9.17, 15) is 10.1 Å². The Hall–Kier alpha value is -2.47. The molecule has 0 N–H and O–H groups in total. The smallest absolute Gasteiger partial charge is 0.150 e. The van der Waals surface area contributed by atoms with Crippen LogP contribution in [0.3, 0.4) is 0 Å². The van der Waals surface area contributed by atoms with Crippen molar-refractivity contribution in [2.24, 2.45) is 0 Å². The maximum absolute atomic E-state index is 10.7. The third kappa shape index (κ3) is 2.02. The number of aromatic nitrogens is 1. The van der Waals surface area contributed by atoms with Gasteiger partial charge in [0.25, 0.3) is 0 Å². The molecule has 1 aromatic carbocycles. The fourth-order valence-corrected chi connectivity index (χ4v) is 2.50. The minimum absolute atomic E-state index is 0.611. The molecule has 0 spiro atoms. The Balaban J connectivity index is 2.13. The van der Waals surface area contributed by atoms with Crippen molar-refractivity contribution in [3.8, 4) is 17.3 Å². The standard InChI is InChI=1S/C16H12N2O/c17-9-14-8-13-2-1-3-15(13)18-16(14)12-6-4-11(10-19)5-7-12/h4-8,10H,1-3H2. The third-order valence-electron chi connectivity index (χ3n) is 3.49. The fraction of sp³-hybridized carbons (Fsp3) is 0.188. The van der Waals surface area contributed by atoms with E-state index in [1.807, 2.05) is 18.2 Å². The largest absolute Gasteiger partial charge is 0.298 e. The summed E-state index contributed by atoms with van der Waals surface area (Å²) in [6.07, 6.45) is 3.92. The minimum Gasteiger partial charge on any atom is -0.298 e. The van der Waals surface area contributed by atoms with Crippen molar-refractivity contribution in [1.29, 1.82) is 5.26 Å². The molecule has 1 aromatic heterocycles. The van der Waals surface area contributed by atoms with Crippen LogP contribution in [-0.2, 0) is 12.8 Å². The van der Waals surface area contributed by atoms with Crippen LogP contribution in [0.25, 0.3) is 11.3 Å². The Morgan fingerprint density at radius 1 is 1.21 bits per heavy atom. The second-order valence-electron chi connectivity index (χ2n) is 4.70. The summed E-state index contributed by atoms with van der Waals surface area (Å²) in [4.78, 5) is 15.3. The molecule has 1 heterocycles. The predicted octanol–water partition coefficient (Wildman–Crippen LogP) is 2.92. The lowest BCUT2D eigenvalue weighted by Gasteiger charge is -2.07. The average Bonchev–Trinajstić information content (AvgIpc) is 2.93. The Labute approximate surface area is 111 Å². The summed E-state index contributed by atoms with van der Waals surface area (Å²) >= 11 is 0. The van der Waals surface area contributed by atoms with E-state index < -0.39 is 0 Å². The van der Waals surface area contributed by atoms with Crippen molar-refractivity contribution < 1.29 is 4.79 Å². The third-order valence-corrected chi connectivity index (χ3v) is 3.49. The topological polar surface area (TPSA) is 53.8 Å². The molecule has 3 nitrogen and oxygen atoms in total. The minimum atomic E-state index is 0.611. The monoisotopic (exact) mass is 248 g/mol. The molecule has 1 aliphatic carbocycles. The fourth-order valence-electron chi connectivity index (χ4n) is 2.50. The summed E-state index contributed by atoms with van der Waals surface area (Å²) < 4.78 is 0.